The van der Waals surface area contributed by atoms with Gasteiger partial charge < -0.3 is 0 Å². The minimum absolute atomic E-state index is 0.667. The van der Waals surface area contributed by atoms with Gasteiger partial charge in [0.2, 0.25) is 0 Å². The molecule has 0 aliphatic rings. The Labute approximate surface area is 85.6 Å². The highest BCUT2D eigenvalue weighted by atomic mass is 32.1. The van der Waals surface area contributed by atoms with E-state index in [1.165, 1.54) is 0 Å². The van der Waals surface area contributed by atoms with Crippen molar-refractivity contribution in [2.75, 3.05) is 0 Å². The SMILES string of the molecule is C=Cc1cccnc1C(=C)S.CC. The number of pyridine rings is 1. The molecule has 1 nitrogen and oxygen atoms in total. The monoisotopic (exact) mass is 193 g/mol. The smallest absolute Gasteiger partial charge is 0.0828 e. The van der Waals surface area contributed by atoms with Gasteiger partial charge in [-0.15, -0.1) is 12.6 Å². The van der Waals surface area contributed by atoms with E-state index in [4.69, 9.17) is 0 Å². The Morgan fingerprint density at radius 1 is 1.54 bits per heavy atom. The van der Waals surface area contributed by atoms with Crippen molar-refractivity contribution in [3.8, 4) is 0 Å². The molecule has 0 spiro atoms. The lowest BCUT2D eigenvalue weighted by atomic mass is 10.2. The fourth-order valence-electron chi connectivity index (χ4n) is 0.824. The van der Waals surface area contributed by atoms with Crippen LogP contribution in [-0.2, 0) is 0 Å². The molecule has 1 rings (SSSR count). The minimum Gasteiger partial charge on any atom is -0.255 e. The maximum Gasteiger partial charge on any atom is 0.0828 e. The molecule has 1 aromatic rings. The predicted molar refractivity (Wildman–Crippen MR) is 63.7 cm³/mol. The van der Waals surface area contributed by atoms with Gasteiger partial charge in [0.1, 0.15) is 0 Å². The van der Waals surface area contributed by atoms with Crippen molar-refractivity contribution in [1.82, 2.24) is 4.98 Å². The molecule has 70 valence electrons. The van der Waals surface area contributed by atoms with E-state index in [1.807, 2.05) is 26.0 Å². The normalized spacial score (nSPS) is 8.23. The van der Waals surface area contributed by atoms with Gasteiger partial charge in [-0.1, -0.05) is 39.1 Å². The zero-order chi connectivity index (χ0) is 10.3. The Balaban J connectivity index is 0.000000671. The molecule has 1 aromatic heterocycles. The van der Waals surface area contributed by atoms with Gasteiger partial charge in [-0.2, -0.15) is 0 Å². The van der Waals surface area contributed by atoms with Crippen LogP contribution in [0, 0.1) is 0 Å². The Morgan fingerprint density at radius 2 is 2.15 bits per heavy atom. The van der Waals surface area contributed by atoms with Gasteiger partial charge in [0.05, 0.1) is 5.69 Å². The first-order valence-corrected chi connectivity index (χ1v) is 4.66. The van der Waals surface area contributed by atoms with Gasteiger partial charge in [-0.05, 0) is 6.07 Å². The van der Waals surface area contributed by atoms with Crippen molar-refractivity contribution in [3.05, 3.63) is 42.7 Å². The lowest BCUT2D eigenvalue weighted by molar-refractivity contribution is 1.28. The van der Waals surface area contributed by atoms with Gasteiger partial charge >= 0.3 is 0 Å². The van der Waals surface area contributed by atoms with Crippen molar-refractivity contribution in [3.63, 3.8) is 0 Å². The summed E-state index contributed by atoms with van der Waals surface area (Å²) in [6, 6.07) is 3.79. The fourth-order valence-corrected chi connectivity index (χ4v) is 1.01. The molecule has 0 radical (unpaired) electrons. The van der Waals surface area contributed by atoms with Crippen molar-refractivity contribution in [2.24, 2.45) is 0 Å². The van der Waals surface area contributed by atoms with E-state index in [0.717, 1.165) is 11.3 Å². The van der Waals surface area contributed by atoms with Crippen LogP contribution in [0.25, 0.3) is 11.0 Å². The topological polar surface area (TPSA) is 12.9 Å². The number of thiol groups is 1. The van der Waals surface area contributed by atoms with E-state index in [1.54, 1.807) is 12.3 Å². The van der Waals surface area contributed by atoms with E-state index in [-0.39, 0.29) is 0 Å². The Bertz CT molecular complexity index is 292. The maximum atomic E-state index is 4.11. The zero-order valence-corrected chi connectivity index (χ0v) is 9.01. The Kier molecular flexibility index (Phi) is 5.98. The molecule has 0 saturated heterocycles. The highest BCUT2D eigenvalue weighted by molar-refractivity contribution is 7.90. The molecule has 0 unspecified atom stereocenters. The number of aromatic nitrogens is 1. The van der Waals surface area contributed by atoms with Crippen LogP contribution in [0.3, 0.4) is 0 Å². The molecule has 1 heterocycles. The summed E-state index contributed by atoms with van der Waals surface area (Å²) in [6.07, 6.45) is 3.45. The number of hydrogen-bond acceptors (Lipinski definition) is 2. The molecule has 0 amide bonds. The van der Waals surface area contributed by atoms with Gasteiger partial charge in [0, 0.05) is 16.7 Å². The summed E-state index contributed by atoms with van der Waals surface area (Å²) in [5, 5.41) is 0. The van der Waals surface area contributed by atoms with E-state index in [0.29, 0.717) is 4.91 Å². The number of rotatable bonds is 2. The second-order valence-electron chi connectivity index (χ2n) is 2.09. The first kappa shape index (κ1) is 12.0. The summed E-state index contributed by atoms with van der Waals surface area (Å²) in [6.45, 7) is 11.3. The van der Waals surface area contributed by atoms with Gasteiger partial charge in [0.15, 0.2) is 0 Å². The van der Waals surface area contributed by atoms with E-state index >= 15 is 0 Å². The second-order valence-corrected chi connectivity index (χ2v) is 2.63. The lowest BCUT2D eigenvalue weighted by Gasteiger charge is -2.00. The first-order valence-electron chi connectivity index (χ1n) is 4.21. The standard InChI is InChI=1S/C9H9NS.C2H6/c1-3-8-5-4-6-10-9(8)7(2)11;1-2/h3-6,11H,1-2H2;1-2H3. The molecule has 13 heavy (non-hydrogen) atoms. The molecule has 0 saturated carbocycles. The maximum absolute atomic E-state index is 4.11. The quantitative estimate of drug-likeness (QED) is 0.707. The highest BCUT2D eigenvalue weighted by Gasteiger charge is 1.98. The summed E-state index contributed by atoms with van der Waals surface area (Å²) in [5.74, 6) is 0. The van der Waals surface area contributed by atoms with Crippen LogP contribution in [0.15, 0.2) is 31.5 Å². The number of nitrogens with zero attached hydrogens (tertiary/aromatic N) is 1. The van der Waals surface area contributed by atoms with Crippen molar-refractivity contribution in [1.29, 1.82) is 0 Å². The van der Waals surface area contributed by atoms with Crippen molar-refractivity contribution in [2.45, 2.75) is 13.8 Å². The third kappa shape index (κ3) is 3.47. The highest BCUT2D eigenvalue weighted by Crippen LogP contribution is 2.17. The van der Waals surface area contributed by atoms with Gasteiger partial charge in [0.25, 0.3) is 0 Å². The summed E-state index contributed by atoms with van der Waals surface area (Å²) in [4.78, 5) is 4.77. The molecule has 0 aromatic carbocycles. The lowest BCUT2D eigenvalue weighted by Crippen LogP contribution is -1.86. The van der Waals surface area contributed by atoms with Crippen LogP contribution < -0.4 is 0 Å². The third-order valence-electron chi connectivity index (χ3n) is 1.33. The largest absolute Gasteiger partial charge is 0.255 e. The number of hydrogen-bond donors (Lipinski definition) is 1. The van der Waals surface area contributed by atoms with E-state index in [2.05, 4.69) is 30.8 Å². The second kappa shape index (κ2) is 6.49. The van der Waals surface area contributed by atoms with Crippen LogP contribution in [-0.4, -0.2) is 4.98 Å². The Morgan fingerprint density at radius 3 is 2.54 bits per heavy atom. The average Bonchev–Trinajstić information content (AvgIpc) is 2.20. The molecule has 0 atom stereocenters. The van der Waals surface area contributed by atoms with E-state index in [9.17, 15) is 0 Å². The van der Waals surface area contributed by atoms with Crippen LogP contribution in [0.1, 0.15) is 25.1 Å². The molecule has 0 fully saturated rings. The van der Waals surface area contributed by atoms with Crippen LogP contribution in [0.5, 0.6) is 0 Å². The van der Waals surface area contributed by atoms with E-state index < -0.39 is 0 Å². The summed E-state index contributed by atoms with van der Waals surface area (Å²) >= 11 is 4.11. The molecule has 2 heteroatoms. The molecular weight excluding hydrogens is 178 g/mol. The first-order chi connectivity index (χ1) is 6.25. The molecule has 0 aliphatic carbocycles. The minimum atomic E-state index is 0.667. The van der Waals surface area contributed by atoms with Gasteiger partial charge in [-0.3, -0.25) is 4.98 Å². The molecular formula is C11H15NS. The third-order valence-corrected chi connectivity index (χ3v) is 1.54. The molecule has 0 bridgehead atoms. The average molecular weight is 193 g/mol. The van der Waals surface area contributed by atoms with Crippen molar-refractivity contribution >= 4 is 23.6 Å². The summed E-state index contributed by atoms with van der Waals surface area (Å²) < 4.78 is 0. The zero-order valence-electron chi connectivity index (χ0n) is 8.12. The van der Waals surface area contributed by atoms with Crippen LogP contribution >= 0.6 is 12.6 Å². The fraction of sp³-hybridized carbons (Fsp3) is 0.182. The summed E-state index contributed by atoms with van der Waals surface area (Å²) in [5.41, 5.74) is 1.76. The van der Waals surface area contributed by atoms with Crippen LogP contribution in [0.2, 0.25) is 0 Å². The van der Waals surface area contributed by atoms with Crippen molar-refractivity contribution < 1.29 is 0 Å². The Hall–Kier alpha value is -1.02. The van der Waals surface area contributed by atoms with Gasteiger partial charge in [-0.25, -0.2) is 0 Å². The predicted octanol–water partition coefficient (Wildman–Crippen LogP) is 3.65. The molecule has 0 aliphatic heterocycles. The molecule has 0 N–H and O–H groups in total. The summed E-state index contributed by atoms with van der Waals surface area (Å²) in [7, 11) is 0. The van der Waals surface area contributed by atoms with Crippen LogP contribution in [0.4, 0.5) is 0 Å².